The van der Waals surface area contributed by atoms with Gasteiger partial charge in [-0.25, -0.2) is 13.1 Å². The van der Waals surface area contributed by atoms with Crippen molar-refractivity contribution in [2.24, 2.45) is 23.7 Å². The minimum atomic E-state index is -4.05. The van der Waals surface area contributed by atoms with E-state index in [1.165, 1.54) is 18.2 Å². The summed E-state index contributed by atoms with van der Waals surface area (Å²) in [4.78, 5) is 18.3. The Morgan fingerprint density at radius 1 is 1.04 bits per heavy atom. The first kappa shape index (κ1) is 36.9. The molecule has 280 valence electrons. The number of rotatable bonds is 4. The third-order valence-corrected chi connectivity index (χ3v) is 14.7. The Balaban J connectivity index is 1.27. The van der Waals surface area contributed by atoms with E-state index in [0.717, 1.165) is 68.7 Å². The monoisotopic (exact) mass is 743 g/mol. The second-order valence-corrected chi connectivity index (χ2v) is 18.3. The Morgan fingerprint density at radius 3 is 2.57 bits per heavy atom. The first-order valence-electron chi connectivity index (χ1n) is 18.7. The zero-order chi connectivity index (χ0) is 35.9. The third kappa shape index (κ3) is 7.53. The lowest BCUT2D eigenvalue weighted by atomic mass is 9.64. The van der Waals surface area contributed by atoms with E-state index in [-0.39, 0.29) is 41.8 Å². The predicted molar refractivity (Wildman–Crippen MR) is 198 cm³/mol. The minimum Gasteiger partial charge on any atom is -0.490 e. The van der Waals surface area contributed by atoms with Gasteiger partial charge in [-0.1, -0.05) is 31.0 Å². The van der Waals surface area contributed by atoms with Crippen LogP contribution in [0.15, 0.2) is 36.4 Å². The van der Waals surface area contributed by atoms with Gasteiger partial charge < -0.3 is 28.7 Å². The highest BCUT2D eigenvalue weighted by atomic mass is 35.5. The molecule has 1 N–H and O–H groups in total. The number of methoxy groups -OCH3 is 1. The van der Waals surface area contributed by atoms with E-state index >= 15 is 0 Å². The van der Waals surface area contributed by atoms with Gasteiger partial charge in [-0.05, 0) is 118 Å². The van der Waals surface area contributed by atoms with Crippen LogP contribution in [0.1, 0.15) is 73.4 Å². The van der Waals surface area contributed by atoms with Crippen LogP contribution < -0.4 is 14.4 Å². The molecule has 12 heteroatoms. The predicted octanol–water partition coefficient (Wildman–Crippen LogP) is 5.65. The molecule has 0 radical (unpaired) electrons. The van der Waals surface area contributed by atoms with Crippen molar-refractivity contribution in [3.05, 3.63) is 58.1 Å². The average Bonchev–Trinajstić information content (AvgIpc) is 3.24. The van der Waals surface area contributed by atoms with Gasteiger partial charge in [0, 0.05) is 42.1 Å². The molecular formula is C39H54ClN3O7S. The van der Waals surface area contributed by atoms with Crippen molar-refractivity contribution < 1.29 is 32.2 Å². The number of sulfonamides is 1. The number of amides is 1. The number of nitrogens with one attached hydrogen (secondary N) is 1. The molecule has 2 fully saturated rings. The van der Waals surface area contributed by atoms with E-state index in [2.05, 4.69) is 40.7 Å². The molecular weight excluding hydrogens is 690 g/mol. The largest absolute Gasteiger partial charge is 0.490 e. The van der Waals surface area contributed by atoms with Gasteiger partial charge in [0.25, 0.3) is 5.91 Å². The normalized spacial score (nSPS) is 34.0. The van der Waals surface area contributed by atoms with Crippen molar-refractivity contribution in [2.75, 3.05) is 65.6 Å². The fourth-order valence-corrected chi connectivity index (χ4v) is 11.2. The van der Waals surface area contributed by atoms with Gasteiger partial charge in [-0.15, -0.1) is 0 Å². The molecule has 2 aromatic carbocycles. The fourth-order valence-electron chi connectivity index (χ4n) is 9.38. The number of carbonyl (C=O) groups is 1. The maximum Gasteiger partial charge on any atom is 0.264 e. The Bertz CT molecular complexity index is 1680. The molecule has 7 rings (SSSR count). The van der Waals surface area contributed by atoms with Gasteiger partial charge in [0.2, 0.25) is 10.0 Å². The van der Waals surface area contributed by atoms with Crippen LogP contribution in [-0.4, -0.2) is 97.5 Å². The van der Waals surface area contributed by atoms with Crippen molar-refractivity contribution in [3.8, 4) is 5.75 Å². The Labute approximate surface area is 308 Å². The number of fused-ring (bicyclic) bond motifs is 4. The van der Waals surface area contributed by atoms with Crippen LogP contribution in [0.2, 0.25) is 5.02 Å². The number of benzene rings is 2. The summed E-state index contributed by atoms with van der Waals surface area (Å²) in [5.74, 6) is 0.812. The van der Waals surface area contributed by atoms with Crippen LogP contribution in [0.25, 0.3) is 0 Å². The van der Waals surface area contributed by atoms with Gasteiger partial charge in [-0.2, -0.15) is 0 Å². The number of hydrogen-bond donors (Lipinski definition) is 1. The molecule has 51 heavy (non-hydrogen) atoms. The van der Waals surface area contributed by atoms with Gasteiger partial charge in [0.15, 0.2) is 6.29 Å². The van der Waals surface area contributed by atoms with E-state index in [4.69, 9.17) is 30.5 Å². The molecule has 0 aromatic heterocycles. The Morgan fingerprint density at radius 2 is 1.84 bits per heavy atom. The third-order valence-electron chi connectivity index (χ3n) is 12.6. The number of aryl methyl sites for hydroxylation is 1. The maximum atomic E-state index is 13.8. The molecule has 10 nitrogen and oxygen atoms in total. The number of halogens is 1. The molecule has 5 aliphatic rings. The summed E-state index contributed by atoms with van der Waals surface area (Å²) in [6.45, 7) is 5.22. The van der Waals surface area contributed by atoms with Crippen molar-refractivity contribution in [1.82, 2.24) is 9.62 Å². The quantitative estimate of drug-likeness (QED) is 0.425. The molecule has 2 aromatic rings. The lowest BCUT2D eigenvalue weighted by Crippen LogP contribution is -2.52. The summed E-state index contributed by atoms with van der Waals surface area (Å²) < 4.78 is 55.1. The lowest BCUT2D eigenvalue weighted by Gasteiger charge is -2.49. The van der Waals surface area contributed by atoms with E-state index in [0.29, 0.717) is 43.8 Å². The Kier molecular flexibility index (Phi) is 11.0. The van der Waals surface area contributed by atoms with Gasteiger partial charge >= 0.3 is 0 Å². The Hall–Kier alpha value is -2.41. The minimum absolute atomic E-state index is 0.000741. The van der Waals surface area contributed by atoms with Crippen LogP contribution >= 0.6 is 11.6 Å². The topological polar surface area (TPSA) is 107 Å². The molecule has 1 spiro atoms. The summed E-state index contributed by atoms with van der Waals surface area (Å²) in [7, 11) is 1.56. The molecule has 6 atom stereocenters. The number of anilines is 1. The van der Waals surface area contributed by atoms with Crippen molar-refractivity contribution in [1.29, 1.82) is 0 Å². The van der Waals surface area contributed by atoms with Crippen LogP contribution in [-0.2, 0) is 36.1 Å². The summed E-state index contributed by atoms with van der Waals surface area (Å²) in [5, 5.41) is -0.133. The van der Waals surface area contributed by atoms with Gasteiger partial charge in [-0.3, -0.25) is 4.79 Å². The van der Waals surface area contributed by atoms with Crippen molar-refractivity contribution in [3.63, 3.8) is 0 Å². The lowest BCUT2D eigenvalue weighted by molar-refractivity contribution is -0.240. The average molecular weight is 744 g/mol. The number of nitrogens with zero attached hydrogens (tertiary/aromatic N) is 2. The SMILES string of the molecule is COCC1C(C)CCCC(C2OCC(N(C)C)CO2)C2CC[C@H]2CN2CC3(CCCc4cc(Cl)ccc43)COc3ccc(cc32)C(=O)NS1(=O)=O. The molecule has 1 saturated heterocycles. The first-order chi connectivity index (χ1) is 24.5. The van der Waals surface area contributed by atoms with Crippen LogP contribution in [0.4, 0.5) is 5.69 Å². The zero-order valence-electron chi connectivity index (χ0n) is 30.4. The summed E-state index contributed by atoms with van der Waals surface area (Å²) >= 11 is 6.48. The number of likely N-dealkylation sites (N-methyl/N-ethyl adjacent to an activating group) is 1. The standard InChI is InChI=1S/C39H54ClN3O7S/c1-25-7-5-9-32(38-48-20-30(21-49-38)42(2)3)31-13-10-28(31)19-43-23-39(16-6-8-26-17-29(40)12-14-33(26)39)24-50-35-15-11-27(18-34(35)43)37(44)41-51(45,46)36(25)22-47-4/h11-12,14-15,17-18,25,28,30-32,36,38H,5-10,13,16,19-24H2,1-4H3,(H,41,44)/t25?,28-,30?,31?,32?,36?,38?,39?/m0/s1. The van der Waals surface area contributed by atoms with Crippen LogP contribution in [0.5, 0.6) is 5.75 Å². The number of hydrogen-bond acceptors (Lipinski definition) is 9. The molecule has 3 heterocycles. The maximum absolute atomic E-state index is 13.8. The highest BCUT2D eigenvalue weighted by Gasteiger charge is 2.47. The molecule has 2 aliphatic carbocycles. The highest BCUT2D eigenvalue weighted by Crippen LogP contribution is 2.49. The molecule has 5 unspecified atom stereocenters. The molecule has 1 amide bonds. The van der Waals surface area contributed by atoms with Crippen molar-refractivity contribution >= 4 is 33.2 Å². The van der Waals surface area contributed by atoms with E-state index in [1.54, 1.807) is 6.07 Å². The van der Waals surface area contributed by atoms with Crippen molar-refractivity contribution in [2.45, 2.75) is 81.3 Å². The molecule has 1 saturated carbocycles. The molecule has 3 aliphatic heterocycles. The second kappa shape index (κ2) is 15.1. The number of carbonyl (C=O) groups excluding carboxylic acids is 1. The van der Waals surface area contributed by atoms with Gasteiger partial charge in [0.05, 0.1) is 38.2 Å². The van der Waals surface area contributed by atoms with E-state index in [1.807, 2.05) is 25.1 Å². The fraction of sp³-hybridized carbons (Fsp3) is 0.667. The summed E-state index contributed by atoms with van der Waals surface area (Å²) in [5.41, 5.74) is 3.40. The highest BCUT2D eigenvalue weighted by molar-refractivity contribution is 7.90. The van der Waals surface area contributed by atoms with Crippen LogP contribution in [0, 0.1) is 23.7 Å². The second-order valence-electron chi connectivity index (χ2n) is 16.0. The van der Waals surface area contributed by atoms with E-state index < -0.39 is 21.2 Å². The van der Waals surface area contributed by atoms with Gasteiger partial charge in [0.1, 0.15) is 11.0 Å². The number of ether oxygens (including phenoxy) is 4. The summed E-state index contributed by atoms with van der Waals surface area (Å²) in [6.07, 6.45) is 7.26. The molecule has 2 bridgehead atoms. The zero-order valence-corrected chi connectivity index (χ0v) is 32.0. The first-order valence-corrected chi connectivity index (χ1v) is 20.7. The van der Waals surface area contributed by atoms with Crippen LogP contribution in [0.3, 0.4) is 0 Å². The summed E-state index contributed by atoms with van der Waals surface area (Å²) in [6, 6.07) is 11.8. The van der Waals surface area contributed by atoms with E-state index in [9.17, 15) is 13.2 Å². The smallest absolute Gasteiger partial charge is 0.264 e.